The van der Waals surface area contributed by atoms with Crippen LogP contribution in [0.4, 0.5) is 0 Å². The second-order valence-corrected chi connectivity index (χ2v) is 3.02. The molecule has 0 aromatic carbocycles. The highest BCUT2D eigenvalue weighted by atomic mass is 35.5. The van der Waals surface area contributed by atoms with E-state index in [1.54, 1.807) is 26.0 Å². The zero-order valence-corrected chi connectivity index (χ0v) is 7.89. The van der Waals surface area contributed by atoms with Crippen LogP contribution in [0.2, 0.25) is 0 Å². The summed E-state index contributed by atoms with van der Waals surface area (Å²) in [4.78, 5) is 12.6. The average Bonchev–Trinajstić information content (AvgIpc) is 1.98. The Kier molecular flexibility index (Phi) is 5.24. The molecule has 11 heavy (non-hydrogen) atoms. The molecule has 4 heteroatoms. The number of nitrogens with zero attached hydrogens (tertiary/aromatic N) is 1. The maximum Gasteiger partial charge on any atom is 0.240 e. The highest BCUT2D eigenvalue weighted by molar-refractivity contribution is 6.30. The van der Waals surface area contributed by atoms with Gasteiger partial charge in [0.25, 0.3) is 0 Å². The van der Waals surface area contributed by atoms with Gasteiger partial charge < -0.3 is 9.64 Å². The van der Waals surface area contributed by atoms with Gasteiger partial charge in [-0.3, -0.25) is 4.79 Å². The van der Waals surface area contributed by atoms with E-state index in [2.05, 4.69) is 0 Å². The van der Waals surface area contributed by atoms with Crippen molar-refractivity contribution in [2.75, 3.05) is 27.3 Å². The number of halogens is 1. The standard InChI is InChI=1S/C7H14ClNO2/c1-6(8)7(10)9(2)4-5-11-3/h6H,4-5H2,1-3H3. The number of likely N-dealkylation sites (N-methyl/N-ethyl adjacent to an activating group) is 1. The number of rotatable bonds is 4. The molecular weight excluding hydrogens is 166 g/mol. The molecule has 0 saturated heterocycles. The molecule has 3 nitrogen and oxygen atoms in total. The van der Waals surface area contributed by atoms with Crippen LogP contribution in [0.15, 0.2) is 0 Å². The van der Waals surface area contributed by atoms with Crippen LogP contribution in [0.5, 0.6) is 0 Å². The number of ether oxygens (including phenoxy) is 1. The topological polar surface area (TPSA) is 29.5 Å². The molecule has 0 radical (unpaired) electrons. The Balaban J connectivity index is 3.64. The van der Waals surface area contributed by atoms with Crippen LogP contribution in [-0.4, -0.2) is 43.5 Å². The molecule has 0 aromatic rings. The molecule has 0 bridgehead atoms. The first-order valence-electron chi connectivity index (χ1n) is 3.47. The van der Waals surface area contributed by atoms with Crippen molar-refractivity contribution >= 4 is 17.5 Å². The Hall–Kier alpha value is -0.280. The van der Waals surface area contributed by atoms with Crippen LogP contribution in [0.1, 0.15) is 6.92 Å². The highest BCUT2D eigenvalue weighted by Gasteiger charge is 2.13. The number of hydrogen-bond acceptors (Lipinski definition) is 2. The predicted octanol–water partition coefficient (Wildman–Crippen LogP) is 0.718. The van der Waals surface area contributed by atoms with Gasteiger partial charge in [-0.25, -0.2) is 0 Å². The quantitative estimate of drug-likeness (QED) is 0.596. The maximum atomic E-state index is 11.1. The van der Waals surface area contributed by atoms with E-state index < -0.39 is 5.38 Å². The Labute approximate surface area is 72.3 Å². The lowest BCUT2D eigenvalue weighted by Crippen LogP contribution is -2.34. The fourth-order valence-corrected chi connectivity index (χ4v) is 0.809. The van der Waals surface area contributed by atoms with Crippen molar-refractivity contribution in [3.05, 3.63) is 0 Å². The van der Waals surface area contributed by atoms with Gasteiger partial charge in [0.1, 0.15) is 5.38 Å². The lowest BCUT2D eigenvalue weighted by molar-refractivity contribution is -0.129. The first-order valence-corrected chi connectivity index (χ1v) is 3.91. The van der Waals surface area contributed by atoms with Crippen LogP contribution in [0.3, 0.4) is 0 Å². The summed E-state index contributed by atoms with van der Waals surface area (Å²) < 4.78 is 4.81. The Morgan fingerprint density at radius 1 is 1.73 bits per heavy atom. The summed E-state index contributed by atoms with van der Waals surface area (Å²) in [5.41, 5.74) is 0. The van der Waals surface area contributed by atoms with Gasteiger partial charge in [0, 0.05) is 20.7 Å². The van der Waals surface area contributed by atoms with Crippen LogP contribution < -0.4 is 0 Å². The Morgan fingerprint density at radius 3 is 2.64 bits per heavy atom. The normalized spacial score (nSPS) is 12.7. The number of alkyl halides is 1. The molecule has 0 aliphatic carbocycles. The van der Waals surface area contributed by atoms with Crippen molar-refractivity contribution < 1.29 is 9.53 Å². The molecule has 66 valence electrons. The van der Waals surface area contributed by atoms with Crippen molar-refractivity contribution in [2.45, 2.75) is 12.3 Å². The third kappa shape index (κ3) is 4.22. The summed E-state index contributed by atoms with van der Waals surface area (Å²) in [6.45, 7) is 2.80. The van der Waals surface area contributed by atoms with Gasteiger partial charge >= 0.3 is 0 Å². The van der Waals surface area contributed by atoms with Gasteiger partial charge in [-0.15, -0.1) is 11.6 Å². The van der Waals surface area contributed by atoms with Gasteiger partial charge in [-0.2, -0.15) is 0 Å². The van der Waals surface area contributed by atoms with Crippen molar-refractivity contribution in [3.8, 4) is 0 Å². The summed E-state index contributed by atoms with van der Waals surface area (Å²) in [7, 11) is 3.31. The zero-order valence-electron chi connectivity index (χ0n) is 7.13. The summed E-state index contributed by atoms with van der Waals surface area (Å²) >= 11 is 5.57. The van der Waals surface area contributed by atoms with Crippen LogP contribution in [0, 0.1) is 0 Å². The van der Waals surface area contributed by atoms with E-state index in [0.29, 0.717) is 13.2 Å². The molecule has 0 rings (SSSR count). The minimum Gasteiger partial charge on any atom is -0.383 e. The van der Waals surface area contributed by atoms with E-state index in [0.717, 1.165) is 0 Å². The van der Waals surface area contributed by atoms with E-state index >= 15 is 0 Å². The first-order chi connectivity index (χ1) is 5.09. The summed E-state index contributed by atoms with van der Waals surface area (Å²) in [5, 5.41) is -0.447. The molecule has 0 saturated carbocycles. The molecule has 0 aromatic heterocycles. The van der Waals surface area contributed by atoms with Crippen molar-refractivity contribution in [2.24, 2.45) is 0 Å². The molecule has 0 aliphatic rings. The number of methoxy groups -OCH3 is 1. The van der Waals surface area contributed by atoms with E-state index in [1.807, 2.05) is 0 Å². The fraction of sp³-hybridized carbons (Fsp3) is 0.857. The number of amides is 1. The molecule has 0 N–H and O–H groups in total. The summed E-state index contributed by atoms with van der Waals surface area (Å²) in [6, 6.07) is 0. The minimum absolute atomic E-state index is 0.0660. The third-order valence-corrected chi connectivity index (χ3v) is 1.53. The molecule has 1 atom stereocenters. The van der Waals surface area contributed by atoms with E-state index in [9.17, 15) is 4.79 Å². The second-order valence-electron chi connectivity index (χ2n) is 2.37. The zero-order chi connectivity index (χ0) is 8.85. The van der Waals surface area contributed by atoms with E-state index in [1.165, 1.54) is 0 Å². The second kappa shape index (κ2) is 5.38. The van der Waals surface area contributed by atoms with Crippen molar-refractivity contribution in [3.63, 3.8) is 0 Å². The number of carbonyl (C=O) groups is 1. The van der Waals surface area contributed by atoms with Crippen LogP contribution in [-0.2, 0) is 9.53 Å². The lowest BCUT2D eigenvalue weighted by Gasteiger charge is -2.17. The fourth-order valence-electron chi connectivity index (χ4n) is 0.642. The summed E-state index contributed by atoms with van der Waals surface area (Å²) in [5.74, 6) is -0.0660. The number of hydrogen-bond donors (Lipinski definition) is 0. The Bertz CT molecular complexity index is 128. The summed E-state index contributed by atoms with van der Waals surface area (Å²) in [6.07, 6.45) is 0. The van der Waals surface area contributed by atoms with Crippen LogP contribution in [0.25, 0.3) is 0 Å². The molecule has 0 spiro atoms. The molecule has 0 fully saturated rings. The monoisotopic (exact) mass is 179 g/mol. The van der Waals surface area contributed by atoms with E-state index in [-0.39, 0.29) is 5.91 Å². The van der Waals surface area contributed by atoms with Gasteiger partial charge in [0.15, 0.2) is 0 Å². The van der Waals surface area contributed by atoms with Gasteiger partial charge in [-0.1, -0.05) is 0 Å². The van der Waals surface area contributed by atoms with Gasteiger partial charge in [-0.05, 0) is 6.92 Å². The SMILES string of the molecule is COCCN(C)C(=O)C(C)Cl. The lowest BCUT2D eigenvalue weighted by atomic mass is 10.4. The Morgan fingerprint density at radius 2 is 2.27 bits per heavy atom. The smallest absolute Gasteiger partial charge is 0.240 e. The van der Waals surface area contributed by atoms with Crippen LogP contribution >= 0.6 is 11.6 Å². The highest BCUT2D eigenvalue weighted by Crippen LogP contribution is 1.98. The van der Waals surface area contributed by atoms with Crippen molar-refractivity contribution in [1.82, 2.24) is 4.90 Å². The third-order valence-electron chi connectivity index (χ3n) is 1.35. The average molecular weight is 180 g/mol. The predicted molar refractivity (Wildman–Crippen MR) is 44.8 cm³/mol. The van der Waals surface area contributed by atoms with Crippen molar-refractivity contribution in [1.29, 1.82) is 0 Å². The molecule has 0 heterocycles. The van der Waals surface area contributed by atoms with Gasteiger partial charge in [0.2, 0.25) is 5.91 Å². The number of carbonyl (C=O) groups excluding carboxylic acids is 1. The largest absolute Gasteiger partial charge is 0.383 e. The minimum atomic E-state index is -0.447. The molecule has 0 aliphatic heterocycles. The molecule has 1 unspecified atom stereocenters. The van der Waals surface area contributed by atoms with Gasteiger partial charge in [0.05, 0.1) is 6.61 Å². The molecule has 1 amide bonds. The maximum absolute atomic E-state index is 11.1. The molecular formula is C7H14ClNO2. The van der Waals surface area contributed by atoms with E-state index in [4.69, 9.17) is 16.3 Å². The first kappa shape index (κ1) is 10.7.